The van der Waals surface area contributed by atoms with Gasteiger partial charge in [-0.25, -0.2) is 9.78 Å². The first-order chi connectivity index (χ1) is 17.0. The predicted molar refractivity (Wildman–Crippen MR) is 129 cm³/mol. The van der Waals surface area contributed by atoms with Gasteiger partial charge in [0, 0.05) is 45.0 Å². The van der Waals surface area contributed by atoms with Gasteiger partial charge < -0.3 is 30.1 Å². The third-order valence-corrected chi connectivity index (χ3v) is 6.12. The smallest absolute Gasteiger partial charge is 0.321 e. The Morgan fingerprint density at radius 2 is 2.06 bits per heavy atom. The van der Waals surface area contributed by atoms with E-state index in [2.05, 4.69) is 25.5 Å². The highest BCUT2D eigenvalue weighted by Crippen LogP contribution is 2.31. The maximum Gasteiger partial charge on any atom is 0.321 e. The molecule has 1 saturated heterocycles. The quantitative estimate of drug-likeness (QED) is 0.507. The van der Waals surface area contributed by atoms with Crippen molar-refractivity contribution in [1.82, 2.24) is 19.8 Å². The Kier molecular flexibility index (Phi) is 6.34. The molecule has 11 heteroatoms. The largest absolute Gasteiger partial charge is 0.482 e. The average Bonchev–Trinajstić information content (AvgIpc) is 2.88. The Balaban J connectivity index is 1.17. The van der Waals surface area contributed by atoms with Crippen molar-refractivity contribution in [3.8, 4) is 11.6 Å². The monoisotopic (exact) mass is 478 g/mol. The van der Waals surface area contributed by atoms with Gasteiger partial charge in [-0.1, -0.05) is 6.07 Å². The lowest BCUT2D eigenvalue weighted by molar-refractivity contribution is -0.118. The Bertz CT molecular complexity index is 1260. The van der Waals surface area contributed by atoms with Gasteiger partial charge in [0.05, 0.1) is 30.1 Å². The highest BCUT2D eigenvalue weighted by atomic mass is 16.5. The summed E-state index contributed by atoms with van der Waals surface area (Å²) in [5.74, 6) is 0.825. The molecule has 35 heavy (non-hydrogen) atoms. The molecule has 0 radical (unpaired) electrons. The molecule has 1 atom stereocenters. The number of aliphatic hydroxyl groups is 1. The number of rotatable bonds is 5. The fourth-order valence-corrected chi connectivity index (χ4v) is 4.21. The van der Waals surface area contributed by atoms with Crippen LogP contribution in [0.4, 0.5) is 16.2 Å². The van der Waals surface area contributed by atoms with Gasteiger partial charge in [0.1, 0.15) is 11.3 Å². The van der Waals surface area contributed by atoms with E-state index in [0.29, 0.717) is 72.3 Å². The zero-order valence-electron chi connectivity index (χ0n) is 19.2. The lowest BCUT2D eigenvalue weighted by Gasteiger charge is -2.35. The number of carbonyl (C=O) groups is 2. The number of ether oxygens (including phenoxy) is 2. The second-order valence-corrected chi connectivity index (χ2v) is 8.41. The molecular formula is C24H26N6O5. The van der Waals surface area contributed by atoms with Crippen LogP contribution in [0.3, 0.4) is 0 Å². The molecule has 2 aromatic heterocycles. The summed E-state index contributed by atoms with van der Waals surface area (Å²) < 4.78 is 10.6. The van der Waals surface area contributed by atoms with Gasteiger partial charge in [-0.3, -0.25) is 14.7 Å². The normalized spacial score (nSPS) is 16.7. The van der Waals surface area contributed by atoms with E-state index in [4.69, 9.17) is 9.47 Å². The molecule has 4 heterocycles. The number of β-amino-alcohol motifs (C(OH)–C–C–N with tert-alkyl or cyclic N) is 1. The van der Waals surface area contributed by atoms with Gasteiger partial charge in [0.2, 0.25) is 5.88 Å². The molecule has 1 fully saturated rings. The lowest BCUT2D eigenvalue weighted by Crippen LogP contribution is -2.50. The van der Waals surface area contributed by atoms with E-state index in [-0.39, 0.29) is 18.5 Å². The number of nitrogens with zero attached hydrogens (tertiary/aromatic N) is 4. The van der Waals surface area contributed by atoms with Gasteiger partial charge in [0.25, 0.3) is 5.91 Å². The summed E-state index contributed by atoms with van der Waals surface area (Å²) in [5.41, 5.74) is 3.06. The Morgan fingerprint density at radius 1 is 1.23 bits per heavy atom. The minimum absolute atomic E-state index is 0.00511. The minimum atomic E-state index is -0.733. The molecule has 5 rings (SSSR count). The summed E-state index contributed by atoms with van der Waals surface area (Å²) in [6.07, 6.45) is 0.896. The van der Waals surface area contributed by atoms with Crippen molar-refractivity contribution < 1.29 is 24.2 Å². The number of pyridine rings is 2. The molecule has 2 aliphatic rings. The van der Waals surface area contributed by atoms with E-state index < -0.39 is 6.10 Å². The van der Waals surface area contributed by atoms with Gasteiger partial charge >= 0.3 is 6.03 Å². The molecule has 3 aromatic rings. The van der Waals surface area contributed by atoms with Gasteiger partial charge in [-0.15, -0.1) is 0 Å². The van der Waals surface area contributed by atoms with Crippen molar-refractivity contribution in [2.24, 2.45) is 0 Å². The first-order valence-electron chi connectivity index (χ1n) is 11.3. The summed E-state index contributed by atoms with van der Waals surface area (Å²) in [6.45, 7) is 2.70. The van der Waals surface area contributed by atoms with Crippen molar-refractivity contribution in [2.75, 3.05) is 57.1 Å². The van der Waals surface area contributed by atoms with Crippen molar-refractivity contribution in [1.29, 1.82) is 0 Å². The summed E-state index contributed by atoms with van der Waals surface area (Å²) in [5, 5.41) is 16.4. The third-order valence-electron chi connectivity index (χ3n) is 6.12. The highest BCUT2D eigenvalue weighted by Gasteiger charge is 2.25. The number of aromatic nitrogens is 2. The molecule has 1 aromatic carbocycles. The predicted octanol–water partition coefficient (Wildman–Crippen LogP) is 1.85. The van der Waals surface area contributed by atoms with Crippen LogP contribution in [-0.4, -0.2) is 83.3 Å². The van der Waals surface area contributed by atoms with Crippen molar-refractivity contribution in [2.45, 2.75) is 6.10 Å². The summed E-state index contributed by atoms with van der Waals surface area (Å²) in [6, 6.07) is 10.3. The van der Waals surface area contributed by atoms with Gasteiger partial charge in [-0.05, 0) is 29.8 Å². The Labute approximate surface area is 201 Å². The van der Waals surface area contributed by atoms with Crippen LogP contribution in [0, 0.1) is 0 Å². The number of hydrogen-bond donors (Lipinski definition) is 3. The van der Waals surface area contributed by atoms with E-state index in [9.17, 15) is 14.7 Å². The fourth-order valence-electron chi connectivity index (χ4n) is 4.21. The molecule has 182 valence electrons. The van der Waals surface area contributed by atoms with E-state index in [1.807, 2.05) is 0 Å². The van der Waals surface area contributed by atoms with Crippen molar-refractivity contribution in [3.63, 3.8) is 0 Å². The second kappa shape index (κ2) is 9.72. The minimum Gasteiger partial charge on any atom is -0.482 e. The van der Waals surface area contributed by atoms with Gasteiger partial charge in [-0.2, -0.15) is 0 Å². The van der Waals surface area contributed by atoms with Crippen LogP contribution < -0.4 is 20.1 Å². The second-order valence-electron chi connectivity index (χ2n) is 8.41. The van der Waals surface area contributed by atoms with Crippen molar-refractivity contribution >= 4 is 34.3 Å². The molecule has 2 aliphatic heterocycles. The number of piperazine rings is 1. The van der Waals surface area contributed by atoms with E-state index >= 15 is 0 Å². The number of aliphatic hydroxyl groups excluding tert-OH is 1. The third kappa shape index (κ3) is 4.96. The molecule has 3 N–H and O–H groups in total. The maximum atomic E-state index is 12.9. The zero-order valence-corrected chi connectivity index (χ0v) is 19.2. The van der Waals surface area contributed by atoms with E-state index in [0.717, 1.165) is 0 Å². The molecule has 3 amide bonds. The Morgan fingerprint density at radius 3 is 2.86 bits per heavy atom. The topological polar surface area (TPSA) is 129 Å². The number of methoxy groups -OCH3 is 1. The number of nitrogens with one attached hydrogen (secondary N) is 2. The number of fused-ring (bicyclic) bond motifs is 2. The molecule has 0 spiro atoms. The number of anilines is 2. The molecule has 0 aliphatic carbocycles. The van der Waals surface area contributed by atoms with Crippen LogP contribution in [0.15, 0.2) is 42.6 Å². The Hall–Kier alpha value is -3.96. The molecule has 11 nitrogen and oxygen atoms in total. The summed E-state index contributed by atoms with van der Waals surface area (Å²) >= 11 is 0. The highest BCUT2D eigenvalue weighted by molar-refractivity contribution is 5.98. The SMILES string of the molecule is COc1ccc2nccc(NC(=O)N3CCN(CC(O)c4ccc5c(c4)NC(=O)CO5)CC3)c2n1. The number of hydrogen-bond acceptors (Lipinski definition) is 8. The van der Waals surface area contributed by atoms with Crippen LogP contribution in [-0.2, 0) is 4.79 Å². The summed E-state index contributed by atoms with van der Waals surface area (Å²) in [4.78, 5) is 37.0. The average molecular weight is 479 g/mol. The number of amides is 3. The number of benzene rings is 1. The zero-order chi connectivity index (χ0) is 24.4. The summed E-state index contributed by atoms with van der Waals surface area (Å²) in [7, 11) is 1.54. The maximum absolute atomic E-state index is 12.9. The molecule has 0 bridgehead atoms. The standard InChI is InChI=1S/C24H26N6O5/c1-34-22-5-3-16-23(28-22)17(6-7-25-16)27-24(33)30-10-8-29(9-11-30)13-19(31)15-2-4-20-18(12-15)26-21(32)14-35-20/h2-7,12,19,31H,8-11,13-14H2,1H3,(H,26,32)(H,25,27,33). The fraction of sp³-hybridized carbons (Fsp3) is 0.333. The number of carbonyl (C=O) groups excluding carboxylic acids is 2. The van der Waals surface area contributed by atoms with E-state index in [1.165, 1.54) is 7.11 Å². The first kappa shape index (κ1) is 22.8. The molecule has 1 unspecified atom stereocenters. The van der Waals surface area contributed by atoms with Crippen LogP contribution >= 0.6 is 0 Å². The number of urea groups is 1. The lowest BCUT2D eigenvalue weighted by atomic mass is 10.1. The molecular weight excluding hydrogens is 452 g/mol. The molecule has 0 saturated carbocycles. The van der Waals surface area contributed by atoms with Crippen LogP contribution in [0.5, 0.6) is 11.6 Å². The first-order valence-corrected chi connectivity index (χ1v) is 11.3. The van der Waals surface area contributed by atoms with Gasteiger partial charge in [0.15, 0.2) is 6.61 Å². The van der Waals surface area contributed by atoms with Crippen LogP contribution in [0.1, 0.15) is 11.7 Å². The van der Waals surface area contributed by atoms with Crippen molar-refractivity contribution in [3.05, 3.63) is 48.2 Å². The van der Waals surface area contributed by atoms with E-state index in [1.54, 1.807) is 47.5 Å². The van der Waals surface area contributed by atoms with Crippen LogP contribution in [0.25, 0.3) is 11.0 Å². The van der Waals surface area contributed by atoms with Crippen LogP contribution in [0.2, 0.25) is 0 Å².